The SMILES string of the molecule is CCCC[CH]OCCCCCCC. The minimum atomic E-state index is 0.924. The van der Waals surface area contributed by atoms with Gasteiger partial charge in [-0.25, -0.2) is 0 Å². The van der Waals surface area contributed by atoms with Crippen molar-refractivity contribution in [2.24, 2.45) is 0 Å². The number of rotatable bonds is 10. The monoisotopic (exact) mass is 185 g/mol. The van der Waals surface area contributed by atoms with E-state index in [9.17, 15) is 0 Å². The Kier molecular flexibility index (Phi) is 11.9. The Hall–Kier alpha value is -0.0400. The summed E-state index contributed by atoms with van der Waals surface area (Å²) in [5.41, 5.74) is 0. The Morgan fingerprint density at radius 2 is 1.54 bits per heavy atom. The van der Waals surface area contributed by atoms with Gasteiger partial charge in [-0.2, -0.15) is 0 Å². The lowest BCUT2D eigenvalue weighted by Crippen LogP contribution is -1.92. The number of unbranched alkanes of at least 4 members (excludes halogenated alkanes) is 6. The van der Waals surface area contributed by atoms with E-state index < -0.39 is 0 Å². The van der Waals surface area contributed by atoms with E-state index in [1.165, 1.54) is 44.9 Å². The van der Waals surface area contributed by atoms with Crippen LogP contribution in [0.4, 0.5) is 0 Å². The highest BCUT2D eigenvalue weighted by atomic mass is 16.5. The Balaban J connectivity index is 2.76. The van der Waals surface area contributed by atoms with E-state index in [1.807, 2.05) is 6.61 Å². The molecule has 0 heterocycles. The third kappa shape index (κ3) is 12.0. The fourth-order valence-electron chi connectivity index (χ4n) is 1.24. The van der Waals surface area contributed by atoms with Gasteiger partial charge in [0.05, 0.1) is 6.61 Å². The first-order valence-electron chi connectivity index (χ1n) is 5.85. The van der Waals surface area contributed by atoms with Crippen molar-refractivity contribution in [2.75, 3.05) is 6.61 Å². The molecule has 0 rings (SSSR count). The van der Waals surface area contributed by atoms with Crippen LogP contribution in [0.15, 0.2) is 0 Å². The molecule has 0 N–H and O–H groups in total. The summed E-state index contributed by atoms with van der Waals surface area (Å²) in [7, 11) is 0. The van der Waals surface area contributed by atoms with Gasteiger partial charge in [-0.15, -0.1) is 0 Å². The normalized spacial score (nSPS) is 10.6. The number of ether oxygens (including phenoxy) is 1. The van der Waals surface area contributed by atoms with Gasteiger partial charge in [-0.1, -0.05) is 52.4 Å². The van der Waals surface area contributed by atoms with Crippen LogP contribution < -0.4 is 0 Å². The third-order valence-corrected chi connectivity index (χ3v) is 2.16. The van der Waals surface area contributed by atoms with Gasteiger partial charge in [0.15, 0.2) is 0 Å². The van der Waals surface area contributed by atoms with Crippen LogP contribution in [0.1, 0.15) is 65.2 Å². The summed E-state index contributed by atoms with van der Waals surface area (Å²) in [5.74, 6) is 0. The van der Waals surface area contributed by atoms with Gasteiger partial charge in [0.1, 0.15) is 0 Å². The molecule has 0 bridgehead atoms. The molecule has 0 unspecified atom stereocenters. The predicted molar refractivity (Wildman–Crippen MR) is 58.5 cm³/mol. The third-order valence-electron chi connectivity index (χ3n) is 2.16. The molecule has 0 amide bonds. The van der Waals surface area contributed by atoms with Crippen molar-refractivity contribution in [1.82, 2.24) is 0 Å². The second-order valence-electron chi connectivity index (χ2n) is 3.59. The Morgan fingerprint density at radius 1 is 0.846 bits per heavy atom. The summed E-state index contributed by atoms with van der Waals surface area (Å²) in [6.45, 7) is 7.35. The van der Waals surface area contributed by atoms with E-state index in [0.717, 1.165) is 13.0 Å². The first kappa shape index (κ1) is 13.0. The second-order valence-corrected chi connectivity index (χ2v) is 3.59. The van der Waals surface area contributed by atoms with Crippen molar-refractivity contribution >= 4 is 0 Å². The van der Waals surface area contributed by atoms with E-state index in [2.05, 4.69) is 13.8 Å². The molecule has 0 saturated heterocycles. The van der Waals surface area contributed by atoms with Gasteiger partial charge in [0.25, 0.3) is 0 Å². The van der Waals surface area contributed by atoms with Crippen LogP contribution in [-0.2, 0) is 4.74 Å². The van der Waals surface area contributed by atoms with Crippen LogP contribution in [0.25, 0.3) is 0 Å². The lowest BCUT2D eigenvalue weighted by molar-refractivity contribution is 0.184. The molecule has 0 aromatic heterocycles. The molecule has 0 spiro atoms. The van der Waals surface area contributed by atoms with Crippen molar-refractivity contribution in [3.05, 3.63) is 6.61 Å². The fourth-order valence-corrected chi connectivity index (χ4v) is 1.24. The van der Waals surface area contributed by atoms with Crippen LogP contribution in [0.3, 0.4) is 0 Å². The summed E-state index contributed by atoms with van der Waals surface area (Å²) in [5, 5.41) is 0. The zero-order valence-corrected chi connectivity index (χ0v) is 9.35. The molecule has 1 radical (unpaired) electrons. The summed E-state index contributed by atoms with van der Waals surface area (Å²) in [4.78, 5) is 0. The zero-order valence-electron chi connectivity index (χ0n) is 9.35. The lowest BCUT2D eigenvalue weighted by Gasteiger charge is -2.02. The molecule has 0 aliphatic heterocycles. The van der Waals surface area contributed by atoms with Crippen molar-refractivity contribution in [3.8, 4) is 0 Å². The Bertz CT molecular complexity index is 71.2. The average molecular weight is 185 g/mol. The highest BCUT2D eigenvalue weighted by Gasteiger charge is 1.90. The molecule has 0 fully saturated rings. The minimum Gasteiger partial charge on any atom is -0.376 e. The van der Waals surface area contributed by atoms with Crippen LogP contribution >= 0.6 is 0 Å². The van der Waals surface area contributed by atoms with Gasteiger partial charge >= 0.3 is 0 Å². The molecule has 13 heavy (non-hydrogen) atoms. The predicted octanol–water partition coefficient (Wildman–Crippen LogP) is 4.33. The molecule has 1 nitrogen and oxygen atoms in total. The quantitative estimate of drug-likeness (QED) is 0.460. The summed E-state index contributed by atoms with van der Waals surface area (Å²) in [6.07, 6.45) is 10.3. The van der Waals surface area contributed by atoms with Crippen LogP contribution in [-0.4, -0.2) is 6.61 Å². The van der Waals surface area contributed by atoms with Crippen molar-refractivity contribution in [3.63, 3.8) is 0 Å². The van der Waals surface area contributed by atoms with Gasteiger partial charge in [-0.3, -0.25) is 0 Å². The summed E-state index contributed by atoms with van der Waals surface area (Å²) in [6, 6.07) is 0. The topological polar surface area (TPSA) is 9.23 Å². The largest absolute Gasteiger partial charge is 0.376 e. The second kappa shape index (κ2) is 12.0. The first-order chi connectivity index (χ1) is 6.41. The molecule has 79 valence electrons. The van der Waals surface area contributed by atoms with Gasteiger partial charge < -0.3 is 4.74 Å². The molecule has 0 aliphatic carbocycles. The summed E-state index contributed by atoms with van der Waals surface area (Å²) >= 11 is 0. The van der Waals surface area contributed by atoms with E-state index >= 15 is 0 Å². The molecule has 1 heteroatoms. The fraction of sp³-hybridized carbons (Fsp3) is 0.917. The van der Waals surface area contributed by atoms with Crippen LogP contribution in [0.2, 0.25) is 0 Å². The van der Waals surface area contributed by atoms with Crippen molar-refractivity contribution in [2.45, 2.75) is 65.2 Å². The average Bonchev–Trinajstić information content (AvgIpc) is 2.16. The van der Waals surface area contributed by atoms with Gasteiger partial charge in [0, 0.05) is 6.61 Å². The maximum absolute atomic E-state index is 5.39. The van der Waals surface area contributed by atoms with Crippen LogP contribution in [0, 0.1) is 6.61 Å². The molecule has 0 aromatic carbocycles. The molecule has 0 atom stereocenters. The molecule has 0 aromatic rings. The van der Waals surface area contributed by atoms with E-state index in [-0.39, 0.29) is 0 Å². The van der Waals surface area contributed by atoms with Gasteiger partial charge in [-0.05, 0) is 12.8 Å². The van der Waals surface area contributed by atoms with E-state index in [0.29, 0.717) is 0 Å². The maximum Gasteiger partial charge on any atom is 0.0836 e. The maximum atomic E-state index is 5.39. The standard InChI is InChI=1S/C12H25O/c1-3-5-7-8-10-12-13-11-9-6-4-2/h11H,3-10,12H2,1-2H3. The summed E-state index contributed by atoms with van der Waals surface area (Å²) < 4.78 is 5.39. The first-order valence-corrected chi connectivity index (χ1v) is 5.85. The Labute approximate surface area is 83.9 Å². The van der Waals surface area contributed by atoms with Crippen molar-refractivity contribution in [1.29, 1.82) is 0 Å². The van der Waals surface area contributed by atoms with E-state index in [1.54, 1.807) is 0 Å². The highest BCUT2D eigenvalue weighted by Crippen LogP contribution is 2.04. The number of hydrogen-bond acceptors (Lipinski definition) is 1. The lowest BCUT2D eigenvalue weighted by atomic mass is 10.2. The number of hydrogen-bond donors (Lipinski definition) is 0. The molecule has 0 saturated carbocycles. The highest BCUT2D eigenvalue weighted by molar-refractivity contribution is 4.50. The zero-order chi connectivity index (χ0) is 9.78. The minimum absolute atomic E-state index is 0.924. The van der Waals surface area contributed by atoms with Gasteiger partial charge in [0.2, 0.25) is 0 Å². The Morgan fingerprint density at radius 3 is 2.23 bits per heavy atom. The van der Waals surface area contributed by atoms with Crippen molar-refractivity contribution < 1.29 is 4.74 Å². The van der Waals surface area contributed by atoms with E-state index in [4.69, 9.17) is 4.74 Å². The molecular weight excluding hydrogens is 160 g/mol. The molecule has 0 aliphatic rings. The van der Waals surface area contributed by atoms with Crippen LogP contribution in [0.5, 0.6) is 0 Å². The molecular formula is C12H25O. The smallest absolute Gasteiger partial charge is 0.0836 e.